The van der Waals surface area contributed by atoms with Crippen molar-refractivity contribution in [2.45, 2.75) is 6.10 Å². The van der Waals surface area contributed by atoms with Crippen molar-refractivity contribution < 1.29 is 9.53 Å². The molecule has 0 aliphatic carbocycles. The number of ether oxygens (including phenoxy) is 1. The Balaban J connectivity index is 1.54. The molecule has 3 rings (SSSR count). The van der Waals surface area contributed by atoms with Crippen LogP contribution in [0, 0.1) is 11.3 Å². The minimum atomic E-state index is -0.157. The first-order valence-electron chi connectivity index (χ1n) is 6.34. The molecule has 21 heavy (non-hydrogen) atoms. The lowest BCUT2D eigenvalue weighted by Crippen LogP contribution is -2.56. The van der Waals surface area contributed by atoms with Crippen molar-refractivity contribution >= 4 is 5.91 Å². The molecule has 0 radical (unpaired) electrons. The molecular formula is C14H11N5O2. The predicted molar refractivity (Wildman–Crippen MR) is 71.3 cm³/mol. The van der Waals surface area contributed by atoms with E-state index in [2.05, 4.69) is 15.0 Å². The maximum absolute atomic E-state index is 12.0. The molecule has 2 aromatic rings. The average Bonchev–Trinajstić information content (AvgIpc) is 2.51. The molecule has 1 saturated heterocycles. The summed E-state index contributed by atoms with van der Waals surface area (Å²) in [5.74, 6) is 0.293. The molecule has 0 unspecified atom stereocenters. The lowest BCUT2D eigenvalue weighted by atomic mass is 10.1. The lowest BCUT2D eigenvalue weighted by molar-refractivity contribution is 0.0155. The van der Waals surface area contributed by atoms with Gasteiger partial charge in [0.15, 0.2) is 0 Å². The normalized spacial score (nSPS) is 14.1. The highest BCUT2D eigenvalue weighted by Gasteiger charge is 2.33. The molecular weight excluding hydrogens is 270 g/mol. The number of pyridine rings is 1. The molecule has 1 aliphatic heterocycles. The second-order valence-electron chi connectivity index (χ2n) is 4.54. The maximum atomic E-state index is 12.0. The van der Waals surface area contributed by atoms with Crippen molar-refractivity contribution in [3.05, 3.63) is 48.2 Å². The number of amides is 1. The average molecular weight is 281 g/mol. The minimum Gasteiger partial charge on any atom is -0.471 e. The maximum Gasteiger partial charge on any atom is 0.274 e. The van der Waals surface area contributed by atoms with E-state index < -0.39 is 0 Å². The van der Waals surface area contributed by atoms with Gasteiger partial charge in [-0.3, -0.25) is 9.78 Å². The lowest BCUT2D eigenvalue weighted by Gasteiger charge is -2.38. The zero-order valence-electron chi connectivity index (χ0n) is 11.0. The largest absolute Gasteiger partial charge is 0.471 e. The first-order valence-corrected chi connectivity index (χ1v) is 6.34. The fourth-order valence-electron chi connectivity index (χ4n) is 1.94. The summed E-state index contributed by atoms with van der Waals surface area (Å²) < 4.78 is 5.62. The Morgan fingerprint density at radius 3 is 2.76 bits per heavy atom. The van der Waals surface area contributed by atoms with Crippen LogP contribution in [0.4, 0.5) is 0 Å². The van der Waals surface area contributed by atoms with Crippen LogP contribution in [0.3, 0.4) is 0 Å². The number of carbonyl (C=O) groups excluding carboxylic acids is 1. The third kappa shape index (κ3) is 2.79. The summed E-state index contributed by atoms with van der Waals surface area (Å²) >= 11 is 0. The Hall–Kier alpha value is -3.01. The van der Waals surface area contributed by atoms with E-state index in [4.69, 9.17) is 10.00 Å². The highest BCUT2D eigenvalue weighted by Crippen LogP contribution is 2.17. The molecule has 7 heteroatoms. The molecule has 0 spiro atoms. The predicted octanol–water partition coefficient (Wildman–Crippen LogP) is 0.647. The van der Waals surface area contributed by atoms with Crippen LogP contribution in [0.15, 0.2) is 36.9 Å². The van der Waals surface area contributed by atoms with Crippen molar-refractivity contribution in [1.82, 2.24) is 19.9 Å². The van der Waals surface area contributed by atoms with E-state index in [-0.39, 0.29) is 12.0 Å². The van der Waals surface area contributed by atoms with Crippen molar-refractivity contribution in [2.24, 2.45) is 0 Å². The number of aromatic nitrogens is 3. The van der Waals surface area contributed by atoms with Gasteiger partial charge < -0.3 is 9.64 Å². The first kappa shape index (κ1) is 13.0. The molecule has 3 heterocycles. The molecule has 104 valence electrons. The molecule has 1 fully saturated rings. The van der Waals surface area contributed by atoms with Crippen LogP contribution in [0.5, 0.6) is 5.88 Å². The van der Waals surface area contributed by atoms with Crippen molar-refractivity contribution in [2.75, 3.05) is 13.1 Å². The quantitative estimate of drug-likeness (QED) is 0.820. The van der Waals surface area contributed by atoms with Gasteiger partial charge >= 0.3 is 0 Å². The van der Waals surface area contributed by atoms with E-state index in [1.54, 1.807) is 17.0 Å². The van der Waals surface area contributed by atoms with Crippen LogP contribution < -0.4 is 4.74 Å². The zero-order valence-corrected chi connectivity index (χ0v) is 11.0. The SMILES string of the molecule is N#Cc1ccc(OC2CN(C(=O)c3cnccn3)C2)nc1. The first-order chi connectivity index (χ1) is 10.3. The van der Waals surface area contributed by atoms with Crippen LogP contribution in [-0.2, 0) is 0 Å². The molecule has 1 amide bonds. The molecule has 2 aromatic heterocycles. The fraction of sp³-hybridized carbons (Fsp3) is 0.214. The number of likely N-dealkylation sites (tertiary alicyclic amines) is 1. The van der Waals surface area contributed by atoms with Gasteiger partial charge in [0, 0.05) is 24.7 Å². The monoisotopic (exact) mass is 281 g/mol. The van der Waals surface area contributed by atoms with Crippen LogP contribution in [-0.4, -0.2) is 45.0 Å². The topological polar surface area (TPSA) is 92.0 Å². The molecule has 7 nitrogen and oxygen atoms in total. The summed E-state index contributed by atoms with van der Waals surface area (Å²) in [6.07, 6.45) is 5.82. The number of nitriles is 1. The van der Waals surface area contributed by atoms with Gasteiger partial charge in [-0.1, -0.05) is 0 Å². The van der Waals surface area contributed by atoms with Crippen molar-refractivity contribution in [3.8, 4) is 11.9 Å². The molecule has 1 aliphatic rings. The summed E-state index contributed by atoms with van der Waals surface area (Å²) in [6, 6.07) is 5.28. The van der Waals surface area contributed by atoms with Gasteiger partial charge in [-0.25, -0.2) is 9.97 Å². The number of hydrogen-bond acceptors (Lipinski definition) is 6. The van der Waals surface area contributed by atoms with Gasteiger partial charge in [-0.2, -0.15) is 5.26 Å². The number of hydrogen-bond donors (Lipinski definition) is 0. The fourth-order valence-corrected chi connectivity index (χ4v) is 1.94. The van der Waals surface area contributed by atoms with E-state index in [0.717, 1.165) is 0 Å². The van der Waals surface area contributed by atoms with Gasteiger partial charge in [0.05, 0.1) is 24.8 Å². The third-order valence-corrected chi connectivity index (χ3v) is 3.07. The molecule has 0 saturated carbocycles. The van der Waals surface area contributed by atoms with Crippen molar-refractivity contribution in [3.63, 3.8) is 0 Å². The van der Waals surface area contributed by atoms with Crippen LogP contribution in [0.2, 0.25) is 0 Å². The molecule has 0 aromatic carbocycles. The zero-order chi connectivity index (χ0) is 14.7. The third-order valence-electron chi connectivity index (χ3n) is 3.07. The standard InChI is InChI=1S/C14H11N5O2/c15-5-10-1-2-13(18-6-10)21-11-8-19(9-11)14(20)12-7-16-3-4-17-12/h1-4,6-7,11H,8-9H2. The number of nitrogens with zero attached hydrogens (tertiary/aromatic N) is 5. The number of rotatable bonds is 3. The number of carbonyl (C=O) groups is 1. The van der Waals surface area contributed by atoms with Gasteiger partial charge in [-0.05, 0) is 6.07 Å². The Bertz CT molecular complexity index is 675. The second-order valence-corrected chi connectivity index (χ2v) is 4.54. The molecule has 0 bridgehead atoms. The highest BCUT2D eigenvalue weighted by atomic mass is 16.5. The molecule has 0 atom stereocenters. The smallest absolute Gasteiger partial charge is 0.274 e. The van der Waals surface area contributed by atoms with Crippen LogP contribution in [0.1, 0.15) is 16.1 Å². The van der Waals surface area contributed by atoms with Gasteiger partial charge in [0.1, 0.15) is 17.9 Å². The van der Waals surface area contributed by atoms with E-state index in [1.165, 1.54) is 24.8 Å². The second kappa shape index (κ2) is 5.54. The molecule has 0 N–H and O–H groups in total. The Morgan fingerprint density at radius 2 is 2.14 bits per heavy atom. The Morgan fingerprint density at radius 1 is 1.29 bits per heavy atom. The Kier molecular flexibility index (Phi) is 3.43. The van der Waals surface area contributed by atoms with Crippen LogP contribution in [0.25, 0.3) is 0 Å². The van der Waals surface area contributed by atoms with Gasteiger partial charge in [0.2, 0.25) is 5.88 Å². The summed E-state index contributed by atoms with van der Waals surface area (Å²) in [7, 11) is 0. The summed E-state index contributed by atoms with van der Waals surface area (Å²) in [4.78, 5) is 25.5. The van der Waals surface area contributed by atoms with E-state index in [9.17, 15) is 4.79 Å². The van der Waals surface area contributed by atoms with E-state index in [0.29, 0.717) is 30.2 Å². The summed E-state index contributed by atoms with van der Waals surface area (Å²) in [6.45, 7) is 0.966. The highest BCUT2D eigenvalue weighted by molar-refractivity contribution is 5.92. The minimum absolute atomic E-state index is 0.0916. The van der Waals surface area contributed by atoms with E-state index >= 15 is 0 Å². The van der Waals surface area contributed by atoms with Gasteiger partial charge in [-0.15, -0.1) is 0 Å². The summed E-state index contributed by atoms with van der Waals surface area (Å²) in [5, 5.41) is 8.69. The summed E-state index contributed by atoms with van der Waals surface area (Å²) in [5.41, 5.74) is 0.808. The van der Waals surface area contributed by atoms with Gasteiger partial charge in [0.25, 0.3) is 5.91 Å². The Labute approximate surface area is 120 Å². The van der Waals surface area contributed by atoms with Crippen LogP contribution >= 0.6 is 0 Å². The van der Waals surface area contributed by atoms with E-state index in [1.807, 2.05) is 6.07 Å². The van der Waals surface area contributed by atoms with Crippen molar-refractivity contribution in [1.29, 1.82) is 5.26 Å².